The van der Waals surface area contributed by atoms with Crippen molar-refractivity contribution in [3.05, 3.63) is 29.3 Å². The smallest absolute Gasteiger partial charge is 0.255 e. The Balaban J connectivity index is 2.74. The van der Waals surface area contributed by atoms with Crippen LogP contribution >= 0.6 is 0 Å². The van der Waals surface area contributed by atoms with E-state index >= 15 is 0 Å². The number of aryl methyl sites for hydroxylation is 1. The SMILES string of the molecule is Cc1cccc(C(=O)NCC(C)(O)CO)c1O. The van der Waals surface area contributed by atoms with Gasteiger partial charge in [-0.05, 0) is 25.5 Å². The lowest BCUT2D eigenvalue weighted by molar-refractivity contribution is 0.00318. The lowest BCUT2D eigenvalue weighted by Gasteiger charge is -2.20. The van der Waals surface area contributed by atoms with Crippen molar-refractivity contribution in [2.45, 2.75) is 19.4 Å². The molecule has 0 spiro atoms. The van der Waals surface area contributed by atoms with Crippen LogP contribution in [0.5, 0.6) is 5.75 Å². The maximum Gasteiger partial charge on any atom is 0.255 e. The van der Waals surface area contributed by atoms with Crippen LogP contribution in [0.15, 0.2) is 18.2 Å². The van der Waals surface area contributed by atoms with Crippen molar-refractivity contribution in [1.82, 2.24) is 5.32 Å². The summed E-state index contributed by atoms with van der Waals surface area (Å²) < 4.78 is 0. The predicted molar refractivity (Wildman–Crippen MR) is 62.9 cm³/mol. The summed E-state index contributed by atoms with van der Waals surface area (Å²) in [5, 5.41) is 30.5. The minimum atomic E-state index is -1.37. The summed E-state index contributed by atoms with van der Waals surface area (Å²) >= 11 is 0. The van der Waals surface area contributed by atoms with Crippen molar-refractivity contribution >= 4 is 5.91 Å². The van der Waals surface area contributed by atoms with Crippen LogP contribution in [0.25, 0.3) is 0 Å². The van der Waals surface area contributed by atoms with Gasteiger partial charge in [-0.3, -0.25) is 4.79 Å². The molecule has 0 aliphatic rings. The first-order valence-corrected chi connectivity index (χ1v) is 5.27. The van der Waals surface area contributed by atoms with Gasteiger partial charge in [0, 0.05) is 6.54 Å². The molecule has 0 saturated heterocycles. The molecule has 0 fully saturated rings. The molecule has 4 N–H and O–H groups in total. The number of nitrogens with one attached hydrogen (secondary N) is 1. The average molecular weight is 239 g/mol. The maximum absolute atomic E-state index is 11.7. The number of aliphatic hydroxyl groups excluding tert-OH is 1. The minimum absolute atomic E-state index is 0.0753. The predicted octanol–water partition coefficient (Wildman–Crippen LogP) is 0.174. The molecule has 0 bridgehead atoms. The molecule has 5 heteroatoms. The summed E-state index contributed by atoms with van der Waals surface area (Å²) in [4.78, 5) is 11.7. The zero-order chi connectivity index (χ0) is 13.1. The molecule has 5 nitrogen and oxygen atoms in total. The van der Waals surface area contributed by atoms with Crippen molar-refractivity contribution in [1.29, 1.82) is 0 Å². The Morgan fingerprint density at radius 3 is 2.71 bits per heavy atom. The van der Waals surface area contributed by atoms with E-state index in [1.807, 2.05) is 0 Å². The average Bonchev–Trinajstić information content (AvgIpc) is 2.30. The van der Waals surface area contributed by atoms with E-state index in [4.69, 9.17) is 5.11 Å². The summed E-state index contributed by atoms with van der Waals surface area (Å²) in [6, 6.07) is 4.84. The third-order valence-corrected chi connectivity index (χ3v) is 2.45. The van der Waals surface area contributed by atoms with Gasteiger partial charge in [0.1, 0.15) is 11.4 Å². The van der Waals surface area contributed by atoms with E-state index < -0.39 is 18.1 Å². The topological polar surface area (TPSA) is 89.8 Å². The third-order valence-electron chi connectivity index (χ3n) is 2.45. The quantitative estimate of drug-likeness (QED) is 0.603. The molecule has 17 heavy (non-hydrogen) atoms. The van der Waals surface area contributed by atoms with E-state index in [1.165, 1.54) is 13.0 Å². The second kappa shape index (κ2) is 5.16. The van der Waals surface area contributed by atoms with Crippen LogP contribution in [0.2, 0.25) is 0 Å². The molecule has 0 radical (unpaired) electrons. The fraction of sp³-hybridized carbons (Fsp3) is 0.417. The lowest BCUT2D eigenvalue weighted by atomic mass is 10.1. The zero-order valence-electron chi connectivity index (χ0n) is 9.90. The summed E-state index contributed by atoms with van der Waals surface area (Å²) in [7, 11) is 0. The Hall–Kier alpha value is -1.59. The fourth-order valence-corrected chi connectivity index (χ4v) is 1.26. The second-order valence-electron chi connectivity index (χ2n) is 4.31. The van der Waals surface area contributed by atoms with Crippen molar-refractivity contribution in [2.75, 3.05) is 13.2 Å². The second-order valence-corrected chi connectivity index (χ2v) is 4.31. The van der Waals surface area contributed by atoms with Crippen molar-refractivity contribution in [2.24, 2.45) is 0 Å². The highest BCUT2D eigenvalue weighted by Crippen LogP contribution is 2.21. The largest absolute Gasteiger partial charge is 0.507 e. The molecule has 1 aromatic carbocycles. The monoisotopic (exact) mass is 239 g/mol. The van der Waals surface area contributed by atoms with Crippen LogP contribution < -0.4 is 5.32 Å². The Morgan fingerprint density at radius 1 is 1.47 bits per heavy atom. The molecular formula is C12H17NO4. The first-order chi connectivity index (χ1) is 7.87. The number of phenolic OH excluding ortho intramolecular Hbond substituents is 1. The Bertz CT molecular complexity index is 415. The van der Waals surface area contributed by atoms with Gasteiger partial charge in [0.2, 0.25) is 0 Å². The van der Waals surface area contributed by atoms with Gasteiger partial charge in [0.25, 0.3) is 5.91 Å². The van der Waals surface area contributed by atoms with E-state index in [0.717, 1.165) is 0 Å². The van der Waals surface area contributed by atoms with E-state index in [1.54, 1.807) is 19.1 Å². The Morgan fingerprint density at radius 2 is 2.12 bits per heavy atom. The molecule has 0 heterocycles. The summed E-state index contributed by atoms with van der Waals surface area (Å²) in [6.07, 6.45) is 0. The van der Waals surface area contributed by atoms with E-state index in [9.17, 15) is 15.0 Å². The number of para-hydroxylation sites is 1. The van der Waals surface area contributed by atoms with Gasteiger partial charge in [-0.15, -0.1) is 0 Å². The minimum Gasteiger partial charge on any atom is -0.507 e. The number of amides is 1. The first kappa shape index (κ1) is 13.5. The van der Waals surface area contributed by atoms with Crippen molar-refractivity contribution < 1.29 is 20.1 Å². The van der Waals surface area contributed by atoms with Gasteiger partial charge in [0.15, 0.2) is 0 Å². The number of aromatic hydroxyl groups is 1. The fourth-order valence-electron chi connectivity index (χ4n) is 1.26. The molecule has 0 saturated carbocycles. The van der Waals surface area contributed by atoms with Crippen LogP contribution in [0.3, 0.4) is 0 Å². The Labute approximate surface area is 99.7 Å². The summed E-state index contributed by atoms with van der Waals surface area (Å²) in [5.74, 6) is -0.562. The highest BCUT2D eigenvalue weighted by Gasteiger charge is 2.21. The summed E-state index contributed by atoms with van der Waals surface area (Å²) in [6.45, 7) is 2.56. The third kappa shape index (κ3) is 3.44. The normalized spacial score (nSPS) is 14.1. The maximum atomic E-state index is 11.7. The lowest BCUT2D eigenvalue weighted by Crippen LogP contribution is -2.43. The number of aliphatic hydroxyl groups is 2. The summed E-state index contributed by atoms with van der Waals surface area (Å²) in [5.41, 5.74) is -0.611. The molecule has 1 unspecified atom stereocenters. The van der Waals surface area contributed by atoms with E-state index in [0.29, 0.717) is 5.56 Å². The van der Waals surface area contributed by atoms with Gasteiger partial charge in [-0.1, -0.05) is 12.1 Å². The van der Waals surface area contributed by atoms with Crippen molar-refractivity contribution in [3.8, 4) is 5.75 Å². The van der Waals surface area contributed by atoms with Crippen LogP contribution in [0.1, 0.15) is 22.8 Å². The molecule has 1 aromatic rings. The van der Waals surface area contributed by atoms with Gasteiger partial charge in [0.05, 0.1) is 12.2 Å². The van der Waals surface area contributed by atoms with E-state index in [2.05, 4.69) is 5.32 Å². The number of carbonyl (C=O) groups excluding carboxylic acids is 1. The highest BCUT2D eigenvalue weighted by atomic mass is 16.3. The number of benzene rings is 1. The zero-order valence-corrected chi connectivity index (χ0v) is 9.90. The number of hydrogen-bond acceptors (Lipinski definition) is 4. The molecule has 94 valence electrons. The van der Waals surface area contributed by atoms with Crippen molar-refractivity contribution in [3.63, 3.8) is 0 Å². The van der Waals surface area contributed by atoms with Gasteiger partial charge in [-0.2, -0.15) is 0 Å². The van der Waals surface area contributed by atoms with Crippen LogP contribution in [0.4, 0.5) is 0 Å². The molecule has 0 aliphatic heterocycles. The Kier molecular flexibility index (Phi) is 4.09. The number of phenols is 1. The van der Waals surface area contributed by atoms with Gasteiger partial charge in [-0.25, -0.2) is 0 Å². The van der Waals surface area contributed by atoms with Crippen LogP contribution in [-0.2, 0) is 0 Å². The number of carbonyl (C=O) groups is 1. The molecule has 0 aromatic heterocycles. The molecular weight excluding hydrogens is 222 g/mol. The molecule has 1 amide bonds. The van der Waals surface area contributed by atoms with Gasteiger partial charge < -0.3 is 20.6 Å². The van der Waals surface area contributed by atoms with E-state index in [-0.39, 0.29) is 17.9 Å². The molecule has 1 rings (SSSR count). The highest BCUT2D eigenvalue weighted by molar-refractivity contribution is 5.97. The number of rotatable bonds is 4. The van der Waals surface area contributed by atoms with Gasteiger partial charge >= 0.3 is 0 Å². The molecule has 0 aliphatic carbocycles. The first-order valence-electron chi connectivity index (χ1n) is 5.27. The standard InChI is InChI=1S/C12H17NO4/c1-8-4-3-5-9(10(8)15)11(16)13-6-12(2,17)7-14/h3-5,14-15,17H,6-7H2,1-2H3,(H,13,16). The molecule has 1 atom stereocenters. The van der Waals surface area contributed by atoms with Crippen LogP contribution in [-0.4, -0.2) is 40.0 Å². The number of hydrogen-bond donors (Lipinski definition) is 4. The van der Waals surface area contributed by atoms with Crippen LogP contribution in [0, 0.1) is 6.92 Å².